The van der Waals surface area contributed by atoms with Gasteiger partial charge in [0.2, 0.25) is 5.88 Å². The van der Waals surface area contributed by atoms with Crippen molar-refractivity contribution in [2.45, 2.75) is 26.4 Å². The molecule has 112 valence electrons. The lowest BCUT2D eigenvalue weighted by molar-refractivity contribution is -0.00814. The van der Waals surface area contributed by atoms with E-state index in [2.05, 4.69) is 21.0 Å². The molecule has 0 saturated carbocycles. The SMILES string of the molecule is Cn1cc(Br)c(OCC2CN(C(=O)OC(C)(C)C)C2)n1. The van der Waals surface area contributed by atoms with Crippen LogP contribution in [0.25, 0.3) is 0 Å². The third kappa shape index (κ3) is 3.88. The first-order valence-corrected chi connectivity index (χ1v) is 7.34. The molecule has 7 heteroatoms. The van der Waals surface area contributed by atoms with E-state index in [9.17, 15) is 4.79 Å². The highest BCUT2D eigenvalue weighted by Gasteiger charge is 2.34. The Bertz CT molecular complexity index is 490. The number of carbonyl (C=O) groups excluding carboxylic acids is 1. The van der Waals surface area contributed by atoms with Crippen LogP contribution in [0.15, 0.2) is 10.7 Å². The number of aryl methyl sites for hydroxylation is 1. The van der Waals surface area contributed by atoms with Crippen LogP contribution in [-0.2, 0) is 11.8 Å². The van der Waals surface area contributed by atoms with Gasteiger partial charge in [-0.1, -0.05) is 0 Å². The second-order valence-electron chi connectivity index (χ2n) is 6.02. The Morgan fingerprint density at radius 3 is 2.65 bits per heavy atom. The van der Waals surface area contributed by atoms with Crippen LogP contribution < -0.4 is 4.74 Å². The molecule has 0 atom stereocenters. The molecular formula is C13H20BrN3O3. The molecule has 0 aromatic carbocycles. The number of nitrogens with zero attached hydrogens (tertiary/aromatic N) is 3. The Labute approximate surface area is 127 Å². The van der Waals surface area contributed by atoms with Crippen LogP contribution in [-0.4, -0.2) is 46.1 Å². The van der Waals surface area contributed by atoms with E-state index < -0.39 is 5.60 Å². The summed E-state index contributed by atoms with van der Waals surface area (Å²) >= 11 is 3.38. The monoisotopic (exact) mass is 345 g/mol. The highest BCUT2D eigenvalue weighted by molar-refractivity contribution is 9.10. The number of rotatable bonds is 3. The molecule has 1 fully saturated rings. The van der Waals surface area contributed by atoms with Crippen molar-refractivity contribution in [3.63, 3.8) is 0 Å². The predicted octanol–water partition coefficient (Wildman–Crippen LogP) is 2.43. The molecule has 1 amide bonds. The van der Waals surface area contributed by atoms with E-state index in [1.807, 2.05) is 34.0 Å². The number of aromatic nitrogens is 2. The van der Waals surface area contributed by atoms with Crippen molar-refractivity contribution in [2.75, 3.05) is 19.7 Å². The van der Waals surface area contributed by atoms with Gasteiger partial charge in [0.15, 0.2) is 0 Å². The lowest BCUT2D eigenvalue weighted by Gasteiger charge is -2.39. The molecule has 2 heterocycles. The molecule has 1 saturated heterocycles. The molecular weight excluding hydrogens is 326 g/mol. The standard InChI is InChI=1S/C13H20BrN3O3/c1-13(2,3)20-12(18)17-5-9(6-17)8-19-11-10(14)7-16(4)15-11/h7,9H,5-6,8H2,1-4H3. The van der Waals surface area contributed by atoms with Crippen molar-refractivity contribution in [1.29, 1.82) is 0 Å². The lowest BCUT2D eigenvalue weighted by atomic mass is 10.0. The Morgan fingerprint density at radius 1 is 1.50 bits per heavy atom. The fraction of sp³-hybridized carbons (Fsp3) is 0.692. The maximum Gasteiger partial charge on any atom is 0.410 e. The van der Waals surface area contributed by atoms with Crippen LogP contribution in [0.5, 0.6) is 5.88 Å². The van der Waals surface area contributed by atoms with Crippen molar-refractivity contribution in [3.8, 4) is 5.88 Å². The minimum atomic E-state index is -0.447. The molecule has 1 aliphatic heterocycles. The summed E-state index contributed by atoms with van der Waals surface area (Å²) < 4.78 is 13.5. The zero-order valence-electron chi connectivity index (χ0n) is 12.2. The van der Waals surface area contributed by atoms with Gasteiger partial charge in [-0.15, -0.1) is 5.10 Å². The van der Waals surface area contributed by atoms with Gasteiger partial charge >= 0.3 is 6.09 Å². The van der Waals surface area contributed by atoms with Gasteiger partial charge in [0.1, 0.15) is 5.60 Å². The third-order valence-corrected chi connectivity index (χ3v) is 3.36. The first kappa shape index (κ1) is 15.2. The largest absolute Gasteiger partial charge is 0.475 e. The number of halogens is 1. The molecule has 6 nitrogen and oxygen atoms in total. The van der Waals surface area contributed by atoms with Crippen molar-refractivity contribution < 1.29 is 14.3 Å². The van der Waals surface area contributed by atoms with Crippen LogP contribution in [0.1, 0.15) is 20.8 Å². The zero-order chi connectivity index (χ0) is 14.9. The van der Waals surface area contributed by atoms with Gasteiger partial charge in [-0.05, 0) is 36.7 Å². The van der Waals surface area contributed by atoms with Crippen LogP contribution >= 0.6 is 15.9 Å². The van der Waals surface area contributed by atoms with E-state index in [0.29, 0.717) is 31.5 Å². The summed E-state index contributed by atoms with van der Waals surface area (Å²) in [6, 6.07) is 0. The molecule has 2 rings (SSSR count). The maximum atomic E-state index is 11.8. The van der Waals surface area contributed by atoms with Crippen LogP contribution in [0.2, 0.25) is 0 Å². The van der Waals surface area contributed by atoms with Crippen LogP contribution in [0, 0.1) is 5.92 Å². The van der Waals surface area contributed by atoms with Crippen molar-refractivity contribution in [1.82, 2.24) is 14.7 Å². The van der Waals surface area contributed by atoms with Crippen molar-refractivity contribution >= 4 is 22.0 Å². The normalized spacial score (nSPS) is 15.9. The number of ether oxygens (including phenoxy) is 2. The fourth-order valence-corrected chi connectivity index (χ4v) is 2.37. The minimum absolute atomic E-state index is 0.257. The second kappa shape index (κ2) is 5.63. The average Bonchev–Trinajstić information content (AvgIpc) is 2.52. The van der Waals surface area contributed by atoms with E-state index in [-0.39, 0.29) is 6.09 Å². The first-order valence-electron chi connectivity index (χ1n) is 6.54. The summed E-state index contributed by atoms with van der Waals surface area (Å²) in [6.45, 7) is 7.48. The lowest BCUT2D eigenvalue weighted by Crippen LogP contribution is -2.53. The predicted molar refractivity (Wildman–Crippen MR) is 77.7 cm³/mol. The van der Waals surface area contributed by atoms with E-state index in [1.165, 1.54) is 0 Å². The summed E-state index contributed by atoms with van der Waals surface area (Å²) in [5, 5.41) is 4.19. The van der Waals surface area contributed by atoms with Gasteiger partial charge in [-0.2, -0.15) is 0 Å². The molecule has 1 aromatic rings. The number of amides is 1. The Kier molecular flexibility index (Phi) is 4.27. The quantitative estimate of drug-likeness (QED) is 0.844. The number of likely N-dealkylation sites (tertiary alicyclic amines) is 1. The number of hydrogen-bond acceptors (Lipinski definition) is 4. The average molecular weight is 346 g/mol. The maximum absolute atomic E-state index is 11.8. The summed E-state index contributed by atoms with van der Waals surface area (Å²) in [5.74, 6) is 0.916. The highest BCUT2D eigenvalue weighted by atomic mass is 79.9. The number of hydrogen-bond donors (Lipinski definition) is 0. The third-order valence-electron chi connectivity index (χ3n) is 2.82. The zero-order valence-corrected chi connectivity index (χ0v) is 13.8. The minimum Gasteiger partial charge on any atom is -0.475 e. The summed E-state index contributed by atoms with van der Waals surface area (Å²) in [4.78, 5) is 13.4. The van der Waals surface area contributed by atoms with Gasteiger partial charge in [0, 0.05) is 32.3 Å². The van der Waals surface area contributed by atoms with E-state index in [1.54, 1.807) is 9.58 Å². The van der Waals surface area contributed by atoms with Gasteiger partial charge < -0.3 is 14.4 Å². The first-order chi connectivity index (χ1) is 9.24. The van der Waals surface area contributed by atoms with E-state index in [0.717, 1.165) is 4.47 Å². The molecule has 0 N–H and O–H groups in total. The van der Waals surface area contributed by atoms with E-state index in [4.69, 9.17) is 9.47 Å². The van der Waals surface area contributed by atoms with Gasteiger partial charge in [-0.25, -0.2) is 4.79 Å². The van der Waals surface area contributed by atoms with Crippen molar-refractivity contribution in [3.05, 3.63) is 10.7 Å². The summed E-state index contributed by atoms with van der Waals surface area (Å²) in [7, 11) is 1.84. The molecule has 0 radical (unpaired) electrons. The molecule has 20 heavy (non-hydrogen) atoms. The van der Waals surface area contributed by atoms with Gasteiger partial charge in [0.25, 0.3) is 0 Å². The smallest absolute Gasteiger partial charge is 0.410 e. The molecule has 0 spiro atoms. The molecule has 1 aliphatic rings. The molecule has 0 bridgehead atoms. The summed E-state index contributed by atoms with van der Waals surface area (Å²) in [6.07, 6.45) is 1.58. The Balaban J connectivity index is 1.72. The van der Waals surface area contributed by atoms with Gasteiger partial charge in [-0.3, -0.25) is 4.68 Å². The topological polar surface area (TPSA) is 56.6 Å². The fourth-order valence-electron chi connectivity index (χ4n) is 1.88. The molecule has 0 unspecified atom stereocenters. The molecule has 0 aliphatic carbocycles. The summed E-state index contributed by atoms with van der Waals surface area (Å²) in [5.41, 5.74) is -0.447. The second-order valence-corrected chi connectivity index (χ2v) is 6.87. The van der Waals surface area contributed by atoms with Gasteiger partial charge in [0.05, 0.1) is 11.1 Å². The number of carbonyl (C=O) groups is 1. The van der Waals surface area contributed by atoms with Crippen LogP contribution in [0.4, 0.5) is 4.79 Å². The highest BCUT2D eigenvalue weighted by Crippen LogP contribution is 2.24. The van der Waals surface area contributed by atoms with Crippen LogP contribution in [0.3, 0.4) is 0 Å². The van der Waals surface area contributed by atoms with Crippen molar-refractivity contribution in [2.24, 2.45) is 13.0 Å². The Hall–Kier alpha value is -1.24. The Morgan fingerprint density at radius 2 is 2.15 bits per heavy atom. The molecule has 1 aromatic heterocycles. The van der Waals surface area contributed by atoms with E-state index >= 15 is 0 Å².